The average Bonchev–Trinajstić information content (AvgIpc) is 2.96. The Morgan fingerprint density at radius 1 is 1.32 bits per heavy atom. The average molecular weight is 297 g/mol. The number of nitrogens with zero attached hydrogens (tertiary/aromatic N) is 2. The zero-order chi connectivity index (χ0) is 15.7. The molecule has 1 amide bonds. The number of aryl methyl sites for hydroxylation is 2. The van der Waals surface area contributed by atoms with Crippen molar-refractivity contribution in [2.24, 2.45) is 0 Å². The maximum Gasteiger partial charge on any atom is 0.277 e. The summed E-state index contributed by atoms with van der Waals surface area (Å²) >= 11 is 0. The van der Waals surface area contributed by atoms with E-state index in [0.29, 0.717) is 22.7 Å². The van der Waals surface area contributed by atoms with Crippen LogP contribution in [0.1, 0.15) is 21.8 Å². The Morgan fingerprint density at radius 2 is 2.14 bits per heavy atom. The third kappa shape index (κ3) is 2.39. The van der Waals surface area contributed by atoms with Crippen LogP contribution in [-0.4, -0.2) is 23.2 Å². The van der Waals surface area contributed by atoms with Crippen LogP contribution in [0.2, 0.25) is 0 Å². The van der Waals surface area contributed by atoms with Gasteiger partial charge in [-0.15, -0.1) is 0 Å². The molecule has 3 rings (SSSR count). The molecular weight excluding hydrogens is 282 g/mol. The standard InChI is InChI=1S/C16H15N3O3/c1-9-8-17-15-11(5-4-6-13(15)21-3)14(9)18-16(20)12-7-10(2)22-19-12/h4-8H,1-3H3,(H,17,18,20). The Kier molecular flexibility index (Phi) is 3.50. The first-order valence-corrected chi connectivity index (χ1v) is 6.77. The number of benzene rings is 1. The smallest absolute Gasteiger partial charge is 0.277 e. The summed E-state index contributed by atoms with van der Waals surface area (Å²) in [6.45, 7) is 3.62. The van der Waals surface area contributed by atoms with Gasteiger partial charge in [0.1, 0.15) is 17.0 Å². The van der Waals surface area contributed by atoms with Crippen molar-refractivity contribution in [2.75, 3.05) is 12.4 Å². The number of methoxy groups -OCH3 is 1. The molecule has 0 saturated heterocycles. The third-order valence-corrected chi connectivity index (χ3v) is 3.37. The molecule has 0 atom stereocenters. The quantitative estimate of drug-likeness (QED) is 0.803. The van der Waals surface area contributed by atoms with Crippen LogP contribution in [0.4, 0.5) is 5.69 Å². The van der Waals surface area contributed by atoms with Crippen molar-refractivity contribution >= 4 is 22.5 Å². The number of fused-ring (bicyclic) bond motifs is 1. The lowest BCUT2D eigenvalue weighted by Crippen LogP contribution is -2.13. The van der Waals surface area contributed by atoms with Crippen molar-refractivity contribution in [2.45, 2.75) is 13.8 Å². The number of pyridine rings is 1. The Hall–Kier alpha value is -2.89. The van der Waals surface area contributed by atoms with Crippen molar-refractivity contribution in [3.63, 3.8) is 0 Å². The van der Waals surface area contributed by atoms with Crippen molar-refractivity contribution in [3.05, 3.63) is 47.5 Å². The number of para-hydroxylation sites is 1. The van der Waals surface area contributed by atoms with Crippen molar-refractivity contribution in [1.29, 1.82) is 0 Å². The van der Waals surface area contributed by atoms with Gasteiger partial charge in [-0.1, -0.05) is 17.3 Å². The number of aromatic nitrogens is 2. The van der Waals surface area contributed by atoms with Gasteiger partial charge in [0.05, 0.1) is 12.8 Å². The Bertz CT molecular complexity index is 855. The van der Waals surface area contributed by atoms with Gasteiger partial charge in [-0.25, -0.2) is 0 Å². The molecule has 0 saturated carbocycles. The third-order valence-electron chi connectivity index (χ3n) is 3.37. The normalized spacial score (nSPS) is 10.7. The Morgan fingerprint density at radius 3 is 2.82 bits per heavy atom. The van der Waals surface area contributed by atoms with Crippen LogP contribution in [0.25, 0.3) is 10.9 Å². The molecule has 112 valence electrons. The molecular formula is C16H15N3O3. The highest BCUT2D eigenvalue weighted by atomic mass is 16.5. The van der Waals surface area contributed by atoms with E-state index >= 15 is 0 Å². The predicted molar refractivity (Wildman–Crippen MR) is 82.2 cm³/mol. The second-order valence-corrected chi connectivity index (χ2v) is 4.95. The van der Waals surface area contributed by atoms with Crippen LogP contribution in [-0.2, 0) is 0 Å². The summed E-state index contributed by atoms with van der Waals surface area (Å²) in [5.41, 5.74) is 2.48. The van der Waals surface area contributed by atoms with Gasteiger partial charge in [0.2, 0.25) is 0 Å². The molecule has 2 aromatic heterocycles. The molecule has 1 aromatic carbocycles. The fraction of sp³-hybridized carbons (Fsp3) is 0.188. The van der Waals surface area contributed by atoms with E-state index in [-0.39, 0.29) is 11.6 Å². The van der Waals surface area contributed by atoms with E-state index in [2.05, 4.69) is 15.5 Å². The van der Waals surface area contributed by atoms with E-state index in [1.54, 1.807) is 26.3 Å². The molecule has 2 heterocycles. The van der Waals surface area contributed by atoms with Gasteiger partial charge in [-0.05, 0) is 25.5 Å². The number of nitrogens with one attached hydrogen (secondary N) is 1. The summed E-state index contributed by atoms with van der Waals surface area (Å²) < 4.78 is 10.2. The molecule has 0 aliphatic rings. The molecule has 1 N–H and O–H groups in total. The minimum absolute atomic E-state index is 0.241. The van der Waals surface area contributed by atoms with Crippen molar-refractivity contribution in [3.8, 4) is 5.75 Å². The molecule has 0 spiro atoms. The second kappa shape index (κ2) is 5.48. The van der Waals surface area contributed by atoms with E-state index < -0.39 is 0 Å². The van der Waals surface area contributed by atoms with Gasteiger partial charge in [-0.3, -0.25) is 9.78 Å². The van der Waals surface area contributed by atoms with Crippen LogP contribution in [0, 0.1) is 13.8 Å². The molecule has 0 unspecified atom stereocenters. The van der Waals surface area contributed by atoms with Crippen LogP contribution in [0.15, 0.2) is 35.0 Å². The zero-order valence-electron chi connectivity index (χ0n) is 12.5. The molecule has 0 fully saturated rings. The number of rotatable bonds is 3. The number of hydrogen-bond acceptors (Lipinski definition) is 5. The van der Waals surface area contributed by atoms with Crippen molar-refractivity contribution in [1.82, 2.24) is 10.1 Å². The first-order chi connectivity index (χ1) is 10.6. The van der Waals surface area contributed by atoms with Gasteiger partial charge in [0.25, 0.3) is 5.91 Å². The van der Waals surface area contributed by atoms with Gasteiger partial charge in [-0.2, -0.15) is 0 Å². The highest BCUT2D eigenvalue weighted by molar-refractivity contribution is 6.09. The summed E-state index contributed by atoms with van der Waals surface area (Å²) in [4.78, 5) is 16.7. The van der Waals surface area contributed by atoms with Crippen LogP contribution < -0.4 is 10.1 Å². The summed E-state index contributed by atoms with van der Waals surface area (Å²) in [7, 11) is 1.59. The first kappa shape index (κ1) is 14.1. The summed E-state index contributed by atoms with van der Waals surface area (Å²) in [6.07, 6.45) is 1.70. The molecule has 0 radical (unpaired) electrons. The van der Waals surface area contributed by atoms with Crippen molar-refractivity contribution < 1.29 is 14.1 Å². The highest BCUT2D eigenvalue weighted by Gasteiger charge is 2.15. The topological polar surface area (TPSA) is 77.2 Å². The molecule has 0 aliphatic heterocycles. The number of amides is 1. The fourth-order valence-electron chi connectivity index (χ4n) is 2.28. The van der Waals surface area contributed by atoms with Crippen LogP contribution in [0.3, 0.4) is 0 Å². The Labute approximate surface area is 127 Å². The molecule has 3 aromatic rings. The van der Waals surface area contributed by atoms with Gasteiger partial charge < -0.3 is 14.6 Å². The molecule has 6 heteroatoms. The van der Waals surface area contributed by atoms with Crippen LogP contribution >= 0.6 is 0 Å². The van der Waals surface area contributed by atoms with E-state index in [9.17, 15) is 4.79 Å². The van der Waals surface area contributed by atoms with E-state index in [1.807, 2.05) is 25.1 Å². The lowest BCUT2D eigenvalue weighted by atomic mass is 10.1. The lowest BCUT2D eigenvalue weighted by Gasteiger charge is -2.12. The molecule has 0 aliphatic carbocycles. The van der Waals surface area contributed by atoms with Crippen LogP contribution in [0.5, 0.6) is 5.75 Å². The lowest BCUT2D eigenvalue weighted by molar-refractivity contribution is 0.101. The highest BCUT2D eigenvalue weighted by Crippen LogP contribution is 2.31. The number of ether oxygens (including phenoxy) is 1. The molecule has 6 nitrogen and oxygen atoms in total. The molecule has 0 bridgehead atoms. The number of carbonyl (C=O) groups excluding carboxylic acids is 1. The minimum atomic E-state index is -0.324. The predicted octanol–water partition coefficient (Wildman–Crippen LogP) is 3.10. The second-order valence-electron chi connectivity index (χ2n) is 4.95. The summed E-state index contributed by atoms with van der Waals surface area (Å²) in [6, 6.07) is 7.17. The maximum atomic E-state index is 12.3. The monoisotopic (exact) mass is 297 g/mol. The van der Waals surface area contributed by atoms with E-state index in [4.69, 9.17) is 9.26 Å². The first-order valence-electron chi connectivity index (χ1n) is 6.77. The fourth-order valence-corrected chi connectivity index (χ4v) is 2.28. The largest absolute Gasteiger partial charge is 0.494 e. The van der Waals surface area contributed by atoms with E-state index in [0.717, 1.165) is 10.9 Å². The SMILES string of the molecule is COc1cccc2c(NC(=O)c3cc(C)on3)c(C)cnc12. The number of carbonyl (C=O) groups is 1. The van der Waals surface area contributed by atoms with Gasteiger partial charge in [0.15, 0.2) is 5.69 Å². The summed E-state index contributed by atoms with van der Waals surface area (Å²) in [5, 5.41) is 7.42. The van der Waals surface area contributed by atoms with E-state index in [1.165, 1.54) is 0 Å². The minimum Gasteiger partial charge on any atom is -0.494 e. The van der Waals surface area contributed by atoms with Gasteiger partial charge in [0, 0.05) is 17.6 Å². The number of hydrogen-bond donors (Lipinski definition) is 1. The van der Waals surface area contributed by atoms with Gasteiger partial charge >= 0.3 is 0 Å². The summed E-state index contributed by atoms with van der Waals surface area (Å²) in [5.74, 6) is 0.920. The Balaban J connectivity index is 2.06. The zero-order valence-corrected chi connectivity index (χ0v) is 12.5. The maximum absolute atomic E-state index is 12.3. The number of anilines is 1. The molecule has 22 heavy (non-hydrogen) atoms.